The minimum absolute atomic E-state index is 1.28. The monoisotopic (exact) mass is 232 g/mol. The molecule has 0 aromatic rings. The van der Waals surface area contributed by atoms with Crippen LogP contribution in [0.3, 0.4) is 0 Å². The molecule has 0 atom stereocenters. The largest absolute Gasteiger partial charge is 0.0661 e. The first-order valence-corrected chi connectivity index (χ1v) is 7.39. The molecular weight excluding hydrogens is 204 g/mol. The van der Waals surface area contributed by atoms with Gasteiger partial charge in [0.1, 0.15) is 0 Å². The van der Waals surface area contributed by atoms with Gasteiger partial charge in [-0.3, -0.25) is 0 Å². The standard InChI is InChI=1S/C17H28/c1-3-4-5-6-7-8-9-10-13-16(2)17-14-11-12-15-17/h11-12,14-15H,3-10,13H2,1-2H3. The molecule has 1 aliphatic carbocycles. The van der Waals surface area contributed by atoms with E-state index in [1.165, 1.54) is 63.4 Å². The number of hydrogen-bond donors (Lipinski definition) is 0. The molecule has 17 heavy (non-hydrogen) atoms. The van der Waals surface area contributed by atoms with E-state index < -0.39 is 0 Å². The quantitative estimate of drug-likeness (QED) is 0.430. The Morgan fingerprint density at radius 1 is 0.824 bits per heavy atom. The molecule has 0 unspecified atom stereocenters. The Hall–Kier alpha value is -0.780. The van der Waals surface area contributed by atoms with Gasteiger partial charge >= 0.3 is 0 Å². The fraction of sp³-hybridized carbons (Fsp3) is 0.647. The highest BCUT2D eigenvalue weighted by molar-refractivity contribution is 5.42. The molecule has 0 fully saturated rings. The van der Waals surface area contributed by atoms with Crippen LogP contribution in [0.2, 0.25) is 0 Å². The van der Waals surface area contributed by atoms with Gasteiger partial charge in [0.15, 0.2) is 0 Å². The summed E-state index contributed by atoms with van der Waals surface area (Å²) in [7, 11) is 0. The van der Waals surface area contributed by atoms with Gasteiger partial charge in [-0.15, -0.1) is 0 Å². The van der Waals surface area contributed by atoms with Crippen LogP contribution >= 0.6 is 0 Å². The van der Waals surface area contributed by atoms with Gasteiger partial charge in [-0.1, -0.05) is 81.7 Å². The van der Waals surface area contributed by atoms with E-state index in [1.54, 1.807) is 5.57 Å². The zero-order valence-corrected chi connectivity index (χ0v) is 11.7. The molecule has 0 saturated carbocycles. The molecule has 0 aliphatic heterocycles. The van der Waals surface area contributed by atoms with E-state index >= 15 is 0 Å². The first-order valence-electron chi connectivity index (χ1n) is 7.39. The molecule has 0 spiro atoms. The van der Waals surface area contributed by atoms with E-state index in [0.717, 1.165) is 0 Å². The zero-order chi connectivity index (χ0) is 12.3. The second-order valence-corrected chi connectivity index (χ2v) is 5.18. The Labute approximate surface area is 108 Å². The number of allylic oxidation sites excluding steroid dienone is 6. The van der Waals surface area contributed by atoms with Gasteiger partial charge in [0.05, 0.1) is 0 Å². The fourth-order valence-electron chi connectivity index (χ4n) is 2.33. The molecule has 0 nitrogen and oxygen atoms in total. The first kappa shape index (κ1) is 14.3. The van der Waals surface area contributed by atoms with Crippen LogP contribution in [0.5, 0.6) is 0 Å². The lowest BCUT2D eigenvalue weighted by Crippen LogP contribution is -1.84. The van der Waals surface area contributed by atoms with Crippen molar-refractivity contribution >= 4 is 0 Å². The van der Waals surface area contributed by atoms with Crippen molar-refractivity contribution in [2.75, 3.05) is 0 Å². The zero-order valence-electron chi connectivity index (χ0n) is 11.7. The Balaban J connectivity index is 1.96. The maximum Gasteiger partial charge on any atom is -0.0267 e. The van der Waals surface area contributed by atoms with E-state index in [1.807, 2.05) is 0 Å². The maximum atomic E-state index is 2.28. The lowest BCUT2D eigenvalue weighted by molar-refractivity contribution is 0.575. The third-order valence-corrected chi connectivity index (χ3v) is 3.56. The molecule has 0 heteroatoms. The summed E-state index contributed by atoms with van der Waals surface area (Å²) in [5.74, 6) is 0. The summed E-state index contributed by atoms with van der Waals surface area (Å²) in [6.07, 6.45) is 21.3. The fourth-order valence-corrected chi connectivity index (χ4v) is 2.33. The van der Waals surface area contributed by atoms with Gasteiger partial charge in [-0.05, 0) is 25.3 Å². The van der Waals surface area contributed by atoms with E-state index in [-0.39, 0.29) is 0 Å². The van der Waals surface area contributed by atoms with Crippen LogP contribution in [0.15, 0.2) is 35.5 Å². The molecule has 1 rings (SSSR count). The van der Waals surface area contributed by atoms with Crippen LogP contribution in [0, 0.1) is 0 Å². The van der Waals surface area contributed by atoms with E-state index in [9.17, 15) is 0 Å². The SMILES string of the molecule is CCCCCCCCCCC(C)=C1C=CC=C1. The van der Waals surface area contributed by atoms with E-state index in [2.05, 4.69) is 38.2 Å². The lowest BCUT2D eigenvalue weighted by Gasteiger charge is -2.04. The Morgan fingerprint density at radius 3 is 1.94 bits per heavy atom. The number of rotatable bonds is 9. The van der Waals surface area contributed by atoms with Gasteiger partial charge in [0.2, 0.25) is 0 Å². The van der Waals surface area contributed by atoms with Crippen LogP contribution in [-0.4, -0.2) is 0 Å². The van der Waals surface area contributed by atoms with Gasteiger partial charge in [0.25, 0.3) is 0 Å². The molecule has 0 bridgehead atoms. The van der Waals surface area contributed by atoms with Crippen molar-refractivity contribution in [2.45, 2.75) is 71.6 Å². The molecule has 96 valence electrons. The van der Waals surface area contributed by atoms with Gasteiger partial charge in [-0.2, -0.15) is 0 Å². The topological polar surface area (TPSA) is 0 Å². The first-order chi connectivity index (χ1) is 8.34. The second-order valence-electron chi connectivity index (χ2n) is 5.18. The Bertz CT molecular complexity index is 264. The highest BCUT2D eigenvalue weighted by Crippen LogP contribution is 2.19. The molecule has 0 aromatic carbocycles. The van der Waals surface area contributed by atoms with Crippen molar-refractivity contribution in [3.8, 4) is 0 Å². The smallest absolute Gasteiger partial charge is 0.0267 e. The van der Waals surface area contributed by atoms with Gasteiger partial charge < -0.3 is 0 Å². The molecule has 0 aromatic heterocycles. The normalized spacial score (nSPS) is 13.6. The molecule has 0 saturated heterocycles. The summed E-state index contributed by atoms with van der Waals surface area (Å²) in [6, 6.07) is 0. The van der Waals surface area contributed by atoms with Crippen LogP contribution in [0.1, 0.15) is 71.6 Å². The molecule has 0 heterocycles. The van der Waals surface area contributed by atoms with Crippen molar-refractivity contribution < 1.29 is 0 Å². The highest BCUT2D eigenvalue weighted by atomic mass is 14.0. The molecule has 0 amide bonds. The minimum Gasteiger partial charge on any atom is -0.0661 e. The summed E-state index contributed by atoms with van der Waals surface area (Å²) in [5, 5.41) is 0. The van der Waals surface area contributed by atoms with Crippen molar-refractivity contribution in [3.05, 3.63) is 35.5 Å². The van der Waals surface area contributed by atoms with Crippen LogP contribution in [-0.2, 0) is 0 Å². The predicted molar refractivity (Wildman–Crippen MR) is 78.2 cm³/mol. The molecule has 1 aliphatic rings. The van der Waals surface area contributed by atoms with Crippen LogP contribution in [0.25, 0.3) is 0 Å². The third kappa shape index (κ3) is 6.51. The second kappa shape index (κ2) is 9.27. The predicted octanol–water partition coefficient (Wildman–Crippen LogP) is 5.96. The summed E-state index contributed by atoms with van der Waals surface area (Å²) in [6.45, 7) is 4.55. The minimum atomic E-state index is 1.28. The summed E-state index contributed by atoms with van der Waals surface area (Å²) in [4.78, 5) is 0. The average Bonchev–Trinajstić information content (AvgIpc) is 2.86. The third-order valence-electron chi connectivity index (χ3n) is 3.56. The lowest BCUT2D eigenvalue weighted by atomic mass is 10.0. The van der Waals surface area contributed by atoms with Crippen molar-refractivity contribution in [1.29, 1.82) is 0 Å². The van der Waals surface area contributed by atoms with Gasteiger partial charge in [-0.25, -0.2) is 0 Å². The van der Waals surface area contributed by atoms with Crippen molar-refractivity contribution in [1.82, 2.24) is 0 Å². The van der Waals surface area contributed by atoms with Crippen molar-refractivity contribution in [3.63, 3.8) is 0 Å². The number of unbranched alkanes of at least 4 members (excludes halogenated alkanes) is 7. The summed E-state index contributed by atoms with van der Waals surface area (Å²) >= 11 is 0. The molecular formula is C17H28. The van der Waals surface area contributed by atoms with E-state index in [4.69, 9.17) is 0 Å². The average molecular weight is 232 g/mol. The molecule has 0 radical (unpaired) electrons. The summed E-state index contributed by atoms with van der Waals surface area (Å²) in [5.41, 5.74) is 2.99. The van der Waals surface area contributed by atoms with Crippen molar-refractivity contribution in [2.24, 2.45) is 0 Å². The van der Waals surface area contributed by atoms with Gasteiger partial charge in [0, 0.05) is 0 Å². The highest BCUT2D eigenvalue weighted by Gasteiger charge is 1.99. The number of hydrogen-bond acceptors (Lipinski definition) is 0. The summed E-state index contributed by atoms with van der Waals surface area (Å²) < 4.78 is 0. The van der Waals surface area contributed by atoms with Crippen LogP contribution < -0.4 is 0 Å². The van der Waals surface area contributed by atoms with E-state index in [0.29, 0.717) is 0 Å². The maximum absolute atomic E-state index is 2.28. The Morgan fingerprint density at radius 2 is 1.35 bits per heavy atom. The van der Waals surface area contributed by atoms with Crippen LogP contribution in [0.4, 0.5) is 0 Å². The Kier molecular flexibility index (Phi) is 7.79. The molecule has 0 N–H and O–H groups in total.